The van der Waals surface area contributed by atoms with E-state index in [9.17, 15) is 9.59 Å². The van der Waals surface area contributed by atoms with E-state index in [1.54, 1.807) is 24.3 Å². The second kappa shape index (κ2) is 12.7. The average Bonchev–Trinajstić information content (AvgIpc) is 3.34. The third kappa shape index (κ3) is 7.44. The maximum atomic E-state index is 12.2. The molecule has 1 heterocycles. The van der Waals surface area contributed by atoms with Gasteiger partial charge in [-0.1, -0.05) is 31.2 Å². The summed E-state index contributed by atoms with van der Waals surface area (Å²) in [5.74, 6) is 1.42. The van der Waals surface area contributed by atoms with Gasteiger partial charge in [-0.2, -0.15) is 0 Å². The van der Waals surface area contributed by atoms with Gasteiger partial charge in [0.2, 0.25) is 0 Å². The number of nitrogens with one attached hydrogen (secondary N) is 2. The Bertz CT molecular complexity index is 1110. The van der Waals surface area contributed by atoms with E-state index >= 15 is 0 Å². The fourth-order valence-electron chi connectivity index (χ4n) is 2.87. The first kappa shape index (κ1) is 24.4. The highest BCUT2D eigenvalue weighted by molar-refractivity contribution is 5.96. The molecular weight excluding hydrogens is 436 g/mol. The predicted octanol–water partition coefficient (Wildman–Crippen LogP) is 4.52. The lowest BCUT2D eigenvalue weighted by Gasteiger charge is -2.12. The predicted molar refractivity (Wildman–Crippen MR) is 128 cm³/mol. The normalized spacial score (nSPS) is 10.6. The Labute approximate surface area is 198 Å². The van der Waals surface area contributed by atoms with Crippen LogP contribution >= 0.6 is 0 Å². The van der Waals surface area contributed by atoms with Crippen LogP contribution in [-0.4, -0.2) is 25.0 Å². The maximum absolute atomic E-state index is 12.2. The molecule has 0 aliphatic heterocycles. The van der Waals surface area contributed by atoms with Gasteiger partial charge in [0.05, 0.1) is 13.2 Å². The van der Waals surface area contributed by atoms with Gasteiger partial charge in [0, 0.05) is 6.08 Å². The number of benzene rings is 2. The minimum Gasteiger partial charge on any atom is -0.490 e. The number of para-hydroxylation sites is 1. The van der Waals surface area contributed by atoms with Crippen molar-refractivity contribution >= 4 is 17.9 Å². The molecule has 2 amide bonds. The molecule has 0 unspecified atom stereocenters. The number of furan rings is 1. The summed E-state index contributed by atoms with van der Waals surface area (Å²) in [7, 11) is 0. The zero-order valence-electron chi connectivity index (χ0n) is 19.2. The van der Waals surface area contributed by atoms with Gasteiger partial charge in [0.15, 0.2) is 17.3 Å². The van der Waals surface area contributed by atoms with E-state index in [4.69, 9.17) is 18.6 Å². The van der Waals surface area contributed by atoms with Crippen LogP contribution in [0.3, 0.4) is 0 Å². The van der Waals surface area contributed by atoms with Crippen LogP contribution in [0, 0.1) is 0 Å². The van der Waals surface area contributed by atoms with Crippen molar-refractivity contribution in [1.82, 2.24) is 10.9 Å². The summed E-state index contributed by atoms with van der Waals surface area (Å²) in [5.41, 5.74) is 5.39. The molecule has 0 atom stereocenters. The number of rotatable bonds is 11. The van der Waals surface area contributed by atoms with Crippen molar-refractivity contribution in [3.8, 4) is 17.2 Å². The van der Waals surface area contributed by atoms with Crippen LogP contribution in [0.5, 0.6) is 17.2 Å². The molecule has 0 saturated carbocycles. The number of amides is 2. The summed E-state index contributed by atoms with van der Waals surface area (Å²) in [6.45, 7) is 5.18. The summed E-state index contributed by atoms with van der Waals surface area (Å²) in [4.78, 5) is 24.4. The Hall–Kier alpha value is -4.20. The molecule has 0 aliphatic rings. The van der Waals surface area contributed by atoms with Gasteiger partial charge in [-0.05, 0) is 61.4 Å². The maximum Gasteiger partial charge on any atom is 0.305 e. The minimum absolute atomic E-state index is 0.0555. The number of carbonyl (C=O) groups excluding carboxylic acids is 2. The Morgan fingerprint density at radius 3 is 2.50 bits per heavy atom. The molecule has 2 N–H and O–H groups in total. The molecule has 0 spiro atoms. The molecule has 0 aliphatic carbocycles. The van der Waals surface area contributed by atoms with Crippen molar-refractivity contribution in [2.75, 3.05) is 13.2 Å². The van der Waals surface area contributed by atoms with Crippen LogP contribution in [0.15, 0.2) is 71.2 Å². The van der Waals surface area contributed by atoms with Crippen molar-refractivity contribution < 1.29 is 28.2 Å². The van der Waals surface area contributed by atoms with Crippen LogP contribution in [-0.2, 0) is 11.4 Å². The Balaban J connectivity index is 1.49. The van der Waals surface area contributed by atoms with Crippen molar-refractivity contribution in [2.45, 2.75) is 26.9 Å². The molecule has 8 nitrogen and oxygen atoms in total. The van der Waals surface area contributed by atoms with E-state index in [0.29, 0.717) is 36.2 Å². The van der Waals surface area contributed by atoms with Crippen LogP contribution in [0.25, 0.3) is 6.08 Å². The van der Waals surface area contributed by atoms with Crippen molar-refractivity contribution in [3.05, 3.63) is 83.8 Å². The summed E-state index contributed by atoms with van der Waals surface area (Å²) < 4.78 is 22.3. The molecule has 8 heteroatoms. The molecule has 3 aromatic rings. The van der Waals surface area contributed by atoms with E-state index in [0.717, 1.165) is 12.0 Å². The smallest absolute Gasteiger partial charge is 0.305 e. The molecule has 0 fully saturated rings. The van der Waals surface area contributed by atoms with Crippen LogP contribution in [0.4, 0.5) is 0 Å². The zero-order valence-corrected chi connectivity index (χ0v) is 19.2. The van der Waals surface area contributed by atoms with E-state index in [1.807, 2.05) is 50.2 Å². The minimum atomic E-state index is -0.580. The third-order valence-corrected chi connectivity index (χ3v) is 4.47. The van der Waals surface area contributed by atoms with Gasteiger partial charge < -0.3 is 18.6 Å². The number of carbonyl (C=O) groups is 2. The van der Waals surface area contributed by atoms with Gasteiger partial charge >= 0.3 is 5.91 Å². The fourth-order valence-corrected chi connectivity index (χ4v) is 2.87. The molecule has 34 heavy (non-hydrogen) atoms. The summed E-state index contributed by atoms with van der Waals surface area (Å²) in [6, 6.07) is 17.8. The molecule has 1 aromatic heterocycles. The third-order valence-electron chi connectivity index (χ3n) is 4.47. The monoisotopic (exact) mass is 464 g/mol. The standard InChI is InChI=1S/C26H28N2O6/c1-3-16-32-22-13-10-19(17-24(22)31-4-2)11-15-25(29)27-28-26(30)23-14-12-21(34-23)18-33-20-8-6-5-7-9-20/h5-15,17H,3-4,16,18H2,1-2H3,(H,27,29)(H,28,30)/b15-11+. The van der Waals surface area contributed by atoms with Gasteiger partial charge in [0.1, 0.15) is 18.1 Å². The number of hydrogen-bond donors (Lipinski definition) is 2. The largest absolute Gasteiger partial charge is 0.490 e. The molecule has 0 saturated heterocycles. The van der Waals surface area contributed by atoms with Crippen LogP contribution in [0.1, 0.15) is 42.1 Å². The zero-order chi connectivity index (χ0) is 24.2. The molecule has 3 rings (SSSR count). The van der Waals surface area contributed by atoms with Crippen molar-refractivity contribution in [1.29, 1.82) is 0 Å². The van der Waals surface area contributed by atoms with Crippen LogP contribution in [0.2, 0.25) is 0 Å². The molecular formula is C26H28N2O6. The highest BCUT2D eigenvalue weighted by Crippen LogP contribution is 2.29. The Morgan fingerprint density at radius 1 is 0.912 bits per heavy atom. The van der Waals surface area contributed by atoms with Crippen molar-refractivity contribution in [3.63, 3.8) is 0 Å². The van der Waals surface area contributed by atoms with E-state index < -0.39 is 11.8 Å². The highest BCUT2D eigenvalue weighted by Gasteiger charge is 2.12. The molecule has 178 valence electrons. The Kier molecular flexibility index (Phi) is 9.16. The SMILES string of the molecule is CCCOc1ccc(/C=C/C(=O)NNC(=O)c2ccc(COc3ccccc3)o2)cc1OCC. The van der Waals surface area contributed by atoms with Crippen LogP contribution < -0.4 is 25.1 Å². The quantitative estimate of drug-likeness (QED) is 0.320. The van der Waals surface area contributed by atoms with Gasteiger partial charge in [-0.3, -0.25) is 20.4 Å². The van der Waals surface area contributed by atoms with E-state index in [1.165, 1.54) is 12.1 Å². The van der Waals surface area contributed by atoms with E-state index in [2.05, 4.69) is 10.9 Å². The second-order valence-electron chi connectivity index (χ2n) is 7.13. The topological polar surface area (TPSA) is 99.0 Å². The second-order valence-corrected chi connectivity index (χ2v) is 7.13. The molecule has 0 bridgehead atoms. The number of hydrazine groups is 1. The molecule has 0 radical (unpaired) electrons. The number of ether oxygens (including phenoxy) is 3. The highest BCUT2D eigenvalue weighted by atomic mass is 16.5. The Morgan fingerprint density at radius 2 is 1.74 bits per heavy atom. The van der Waals surface area contributed by atoms with Crippen molar-refractivity contribution in [2.24, 2.45) is 0 Å². The average molecular weight is 465 g/mol. The lowest BCUT2D eigenvalue weighted by atomic mass is 10.2. The number of hydrogen-bond acceptors (Lipinski definition) is 6. The summed E-state index contributed by atoms with van der Waals surface area (Å²) in [6.07, 6.45) is 3.80. The first-order valence-corrected chi connectivity index (χ1v) is 11.0. The van der Waals surface area contributed by atoms with Gasteiger partial charge in [0.25, 0.3) is 5.91 Å². The van der Waals surface area contributed by atoms with Gasteiger partial charge in [-0.25, -0.2) is 0 Å². The lowest BCUT2D eigenvalue weighted by molar-refractivity contribution is -0.117. The fraction of sp³-hybridized carbons (Fsp3) is 0.231. The van der Waals surface area contributed by atoms with E-state index in [-0.39, 0.29) is 12.4 Å². The first-order chi connectivity index (χ1) is 16.6. The molecule has 2 aromatic carbocycles. The lowest BCUT2D eigenvalue weighted by Crippen LogP contribution is -2.40. The summed E-state index contributed by atoms with van der Waals surface area (Å²) in [5, 5.41) is 0. The summed E-state index contributed by atoms with van der Waals surface area (Å²) >= 11 is 0. The van der Waals surface area contributed by atoms with Gasteiger partial charge in [-0.15, -0.1) is 0 Å². The first-order valence-electron chi connectivity index (χ1n) is 11.0.